The number of halogens is 3. The van der Waals surface area contributed by atoms with Gasteiger partial charge in [0, 0.05) is 6.04 Å². The second-order valence-corrected chi connectivity index (χ2v) is 6.83. The number of benzene rings is 2. The Kier molecular flexibility index (Phi) is 4.35. The molecule has 2 aromatic carbocycles. The zero-order chi connectivity index (χ0) is 15.0. The number of hydrogen-bond acceptors (Lipinski definition) is 1. The second-order valence-electron chi connectivity index (χ2n) is 5.61. The van der Waals surface area contributed by atoms with Crippen molar-refractivity contribution in [3.8, 4) is 0 Å². The maximum atomic E-state index is 6.20. The van der Waals surface area contributed by atoms with E-state index in [1.807, 2.05) is 0 Å². The van der Waals surface area contributed by atoms with E-state index in [-0.39, 0.29) is 0 Å². The minimum absolute atomic E-state index is 0.435. The van der Waals surface area contributed by atoms with E-state index in [1.54, 1.807) is 12.1 Å². The molecule has 0 atom stereocenters. The van der Waals surface area contributed by atoms with Crippen molar-refractivity contribution in [2.75, 3.05) is 5.32 Å². The molecule has 4 heteroatoms. The second kappa shape index (κ2) is 6.08. The van der Waals surface area contributed by atoms with Crippen LogP contribution in [0.5, 0.6) is 0 Å². The molecule has 1 aliphatic carbocycles. The van der Waals surface area contributed by atoms with Crippen LogP contribution in [-0.2, 0) is 0 Å². The van der Waals surface area contributed by atoms with Gasteiger partial charge < -0.3 is 5.32 Å². The van der Waals surface area contributed by atoms with Crippen LogP contribution in [-0.4, -0.2) is 6.04 Å². The molecule has 0 aromatic heterocycles. The van der Waals surface area contributed by atoms with Crippen molar-refractivity contribution in [2.45, 2.75) is 31.7 Å². The summed E-state index contributed by atoms with van der Waals surface area (Å²) < 4.78 is 0. The summed E-state index contributed by atoms with van der Waals surface area (Å²) in [5.41, 5.74) is 3.68. The fourth-order valence-electron chi connectivity index (χ4n) is 2.89. The molecule has 3 rings (SSSR count). The Hall–Kier alpha value is -0.890. The maximum absolute atomic E-state index is 6.20. The van der Waals surface area contributed by atoms with Crippen LogP contribution < -0.4 is 5.32 Å². The van der Waals surface area contributed by atoms with Crippen LogP contribution in [0.1, 0.15) is 29.9 Å². The highest BCUT2D eigenvalue weighted by atomic mass is 35.5. The van der Waals surface area contributed by atoms with E-state index in [1.165, 1.54) is 11.1 Å². The number of rotatable bonds is 3. The van der Waals surface area contributed by atoms with E-state index in [4.69, 9.17) is 34.8 Å². The van der Waals surface area contributed by atoms with Gasteiger partial charge in [0.1, 0.15) is 0 Å². The van der Waals surface area contributed by atoms with Gasteiger partial charge in [0.2, 0.25) is 0 Å². The summed E-state index contributed by atoms with van der Waals surface area (Å²) in [6.07, 6.45) is 2.23. The molecule has 0 unspecified atom stereocenters. The third-order valence-corrected chi connectivity index (χ3v) is 5.17. The lowest BCUT2D eigenvalue weighted by Gasteiger charge is -2.37. The van der Waals surface area contributed by atoms with Crippen LogP contribution in [0.4, 0.5) is 5.69 Å². The molecule has 0 bridgehead atoms. The molecule has 0 saturated heterocycles. The van der Waals surface area contributed by atoms with Gasteiger partial charge in [-0.05, 0) is 48.9 Å². The molecule has 1 N–H and O–H groups in total. The number of nitrogens with one attached hydrogen (secondary N) is 1. The van der Waals surface area contributed by atoms with E-state index in [0.29, 0.717) is 27.0 Å². The maximum Gasteiger partial charge on any atom is 0.0653 e. The van der Waals surface area contributed by atoms with E-state index < -0.39 is 0 Å². The van der Waals surface area contributed by atoms with Crippen LogP contribution in [0.2, 0.25) is 15.1 Å². The molecular weight excluding hydrogens is 325 g/mol. The lowest BCUT2D eigenvalue weighted by Crippen LogP contribution is -2.34. The molecule has 0 amide bonds. The van der Waals surface area contributed by atoms with Crippen molar-refractivity contribution in [3.05, 3.63) is 62.6 Å². The molecule has 1 saturated carbocycles. The average Bonchev–Trinajstić information content (AvgIpc) is 2.40. The Balaban J connectivity index is 1.65. The fraction of sp³-hybridized carbons (Fsp3) is 0.294. The minimum atomic E-state index is 0.435. The summed E-state index contributed by atoms with van der Waals surface area (Å²) in [5.74, 6) is 0.630. The van der Waals surface area contributed by atoms with Gasteiger partial charge in [0.05, 0.1) is 20.8 Å². The summed E-state index contributed by atoms with van der Waals surface area (Å²) in [6.45, 7) is 2.17. The summed E-state index contributed by atoms with van der Waals surface area (Å²) >= 11 is 18.2. The Morgan fingerprint density at radius 1 is 0.952 bits per heavy atom. The Morgan fingerprint density at radius 3 is 2.33 bits per heavy atom. The smallest absolute Gasteiger partial charge is 0.0653 e. The van der Waals surface area contributed by atoms with Crippen LogP contribution in [0.15, 0.2) is 36.4 Å². The highest BCUT2D eigenvalue weighted by molar-refractivity contribution is 6.44. The summed E-state index contributed by atoms with van der Waals surface area (Å²) in [6, 6.07) is 12.5. The zero-order valence-electron chi connectivity index (χ0n) is 11.7. The van der Waals surface area contributed by atoms with Gasteiger partial charge >= 0.3 is 0 Å². The topological polar surface area (TPSA) is 12.0 Å². The first-order chi connectivity index (χ1) is 10.0. The van der Waals surface area contributed by atoms with Crippen molar-refractivity contribution < 1.29 is 0 Å². The lowest BCUT2D eigenvalue weighted by atomic mass is 9.74. The lowest BCUT2D eigenvalue weighted by molar-refractivity contribution is 0.373. The van der Waals surface area contributed by atoms with Crippen LogP contribution in [0, 0.1) is 6.92 Å². The minimum Gasteiger partial charge on any atom is -0.381 e. The molecule has 1 aliphatic rings. The summed E-state index contributed by atoms with van der Waals surface area (Å²) in [7, 11) is 0. The molecule has 21 heavy (non-hydrogen) atoms. The van der Waals surface area contributed by atoms with E-state index >= 15 is 0 Å². The van der Waals surface area contributed by atoms with Gasteiger partial charge in [-0.15, -0.1) is 0 Å². The number of aryl methyl sites for hydroxylation is 1. The average molecular weight is 341 g/mol. The molecule has 0 spiro atoms. The van der Waals surface area contributed by atoms with Gasteiger partial charge in [-0.1, -0.05) is 59.1 Å². The zero-order valence-corrected chi connectivity index (χ0v) is 13.9. The molecule has 0 aliphatic heterocycles. The summed E-state index contributed by atoms with van der Waals surface area (Å²) in [4.78, 5) is 0. The Labute approximate surface area is 140 Å². The normalized spacial score (nSPS) is 21.0. The first-order valence-electron chi connectivity index (χ1n) is 7.01. The van der Waals surface area contributed by atoms with Crippen LogP contribution >= 0.6 is 34.8 Å². The number of anilines is 1. The number of hydrogen-bond donors (Lipinski definition) is 1. The van der Waals surface area contributed by atoms with Gasteiger partial charge in [-0.25, -0.2) is 0 Å². The highest BCUT2D eigenvalue weighted by Crippen LogP contribution is 2.41. The van der Waals surface area contributed by atoms with E-state index in [2.05, 4.69) is 36.5 Å². The third-order valence-electron chi connectivity index (χ3n) is 4.14. The molecule has 1 fully saturated rings. The van der Waals surface area contributed by atoms with Crippen molar-refractivity contribution in [1.29, 1.82) is 0 Å². The molecule has 1 nitrogen and oxygen atoms in total. The van der Waals surface area contributed by atoms with Gasteiger partial charge in [0.25, 0.3) is 0 Å². The van der Waals surface area contributed by atoms with Gasteiger partial charge in [-0.3, -0.25) is 0 Å². The largest absolute Gasteiger partial charge is 0.381 e. The molecule has 0 radical (unpaired) electrons. The fourth-order valence-corrected chi connectivity index (χ4v) is 3.49. The van der Waals surface area contributed by atoms with E-state index in [9.17, 15) is 0 Å². The predicted molar refractivity (Wildman–Crippen MR) is 92.0 cm³/mol. The van der Waals surface area contributed by atoms with Gasteiger partial charge in [-0.2, -0.15) is 0 Å². The van der Waals surface area contributed by atoms with Gasteiger partial charge in [0.15, 0.2) is 0 Å². The Morgan fingerprint density at radius 2 is 1.62 bits per heavy atom. The van der Waals surface area contributed by atoms with Crippen LogP contribution in [0.25, 0.3) is 0 Å². The molecular formula is C17H16Cl3N. The Bertz CT molecular complexity index is 663. The van der Waals surface area contributed by atoms with Crippen molar-refractivity contribution in [1.82, 2.24) is 0 Å². The molecule has 110 valence electrons. The van der Waals surface area contributed by atoms with E-state index in [0.717, 1.165) is 18.5 Å². The first kappa shape index (κ1) is 15.0. The predicted octanol–water partition coefficient (Wildman–Crippen LogP) is 6.31. The molecule has 0 heterocycles. The van der Waals surface area contributed by atoms with Crippen molar-refractivity contribution in [3.63, 3.8) is 0 Å². The van der Waals surface area contributed by atoms with Crippen molar-refractivity contribution >= 4 is 40.5 Å². The summed E-state index contributed by atoms with van der Waals surface area (Å²) in [5, 5.41) is 5.08. The quantitative estimate of drug-likeness (QED) is 0.645. The van der Waals surface area contributed by atoms with Crippen LogP contribution in [0.3, 0.4) is 0 Å². The third kappa shape index (κ3) is 3.15. The standard InChI is InChI=1S/C17H16Cl3N/c1-10-4-2-3-5-13(10)11-6-12(7-11)21-17-9-15(19)14(18)8-16(17)20/h2-5,8-9,11-12,21H,6-7H2,1H3. The molecule has 2 aromatic rings. The monoisotopic (exact) mass is 339 g/mol. The first-order valence-corrected chi connectivity index (χ1v) is 8.14. The SMILES string of the molecule is Cc1ccccc1C1CC(Nc2cc(Cl)c(Cl)cc2Cl)C1. The van der Waals surface area contributed by atoms with Crippen molar-refractivity contribution in [2.24, 2.45) is 0 Å². The highest BCUT2D eigenvalue weighted by Gasteiger charge is 2.31.